The molecule has 0 bridgehead atoms. The number of hydrogen-bond acceptors (Lipinski definition) is 5. The van der Waals surface area contributed by atoms with Gasteiger partial charge in [0.25, 0.3) is 0 Å². The Morgan fingerprint density at radius 1 is 1.10 bits per heavy atom. The van der Waals surface area contributed by atoms with Crippen LogP contribution in [0.5, 0.6) is 0 Å². The molecule has 7 nitrogen and oxygen atoms in total. The van der Waals surface area contributed by atoms with Gasteiger partial charge in [-0.05, 0) is 30.7 Å². The topological polar surface area (TPSA) is 84.3 Å². The molecule has 0 saturated carbocycles. The van der Waals surface area contributed by atoms with Crippen LogP contribution < -0.4 is 5.32 Å². The Balaban J connectivity index is 1.56. The van der Waals surface area contributed by atoms with E-state index in [0.717, 1.165) is 16.6 Å². The molecule has 0 aromatic carbocycles. The summed E-state index contributed by atoms with van der Waals surface area (Å²) in [7, 11) is 0. The van der Waals surface area contributed by atoms with Crippen molar-refractivity contribution in [3.63, 3.8) is 0 Å². The van der Waals surface area contributed by atoms with Crippen molar-refractivity contribution in [1.29, 1.82) is 0 Å². The summed E-state index contributed by atoms with van der Waals surface area (Å²) >= 11 is 0. The second-order valence-electron chi connectivity index (χ2n) is 7.57. The summed E-state index contributed by atoms with van der Waals surface area (Å²) in [5, 5.41) is 7.35. The van der Waals surface area contributed by atoms with E-state index in [9.17, 15) is 13.2 Å². The van der Waals surface area contributed by atoms with Gasteiger partial charge < -0.3 is 10.3 Å². The molecule has 0 amide bonds. The molecule has 0 spiro atoms. The zero-order chi connectivity index (χ0) is 22.0. The van der Waals surface area contributed by atoms with E-state index in [2.05, 4.69) is 30.4 Å². The van der Waals surface area contributed by atoms with Crippen molar-refractivity contribution in [1.82, 2.24) is 35.0 Å². The molecule has 1 atom stereocenters. The predicted octanol–water partition coefficient (Wildman–Crippen LogP) is 4.24. The average Bonchev–Trinajstić information content (AvgIpc) is 3.40. The van der Waals surface area contributed by atoms with Crippen LogP contribution >= 0.6 is 0 Å². The molecule has 10 heteroatoms. The van der Waals surface area contributed by atoms with Crippen molar-refractivity contribution in [2.45, 2.75) is 38.4 Å². The van der Waals surface area contributed by atoms with Crippen molar-refractivity contribution < 1.29 is 13.2 Å². The monoisotopic (exact) mass is 429 g/mol. The van der Waals surface area contributed by atoms with Crippen LogP contribution in [0, 0.1) is 0 Å². The van der Waals surface area contributed by atoms with Crippen molar-refractivity contribution in [2.24, 2.45) is 0 Å². The number of fused-ring (bicyclic) bond motifs is 1. The van der Waals surface area contributed by atoms with Gasteiger partial charge in [-0.25, -0.2) is 19.6 Å². The van der Waals surface area contributed by atoms with E-state index < -0.39 is 12.1 Å². The van der Waals surface area contributed by atoms with Gasteiger partial charge in [-0.15, -0.1) is 0 Å². The molecular formula is C21H22F3N7. The molecule has 0 unspecified atom stereocenters. The Hall–Kier alpha value is -3.27. The highest BCUT2D eigenvalue weighted by atomic mass is 19.4. The predicted molar refractivity (Wildman–Crippen MR) is 111 cm³/mol. The SMILES string of the molecule is CC(C)NCC[C@H](c1ccc(-n2cc(-c3ccnc4nc[nH]c34)cn2)nc1)C(F)(F)F. The first-order chi connectivity index (χ1) is 14.8. The number of hydrogen-bond donors (Lipinski definition) is 2. The van der Waals surface area contributed by atoms with E-state index in [-0.39, 0.29) is 24.6 Å². The minimum absolute atomic E-state index is 0.0448. The lowest BCUT2D eigenvalue weighted by Crippen LogP contribution is -2.29. The van der Waals surface area contributed by atoms with Crippen molar-refractivity contribution in [2.75, 3.05) is 6.54 Å². The number of pyridine rings is 2. The molecule has 31 heavy (non-hydrogen) atoms. The van der Waals surface area contributed by atoms with E-state index in [0.29, 0.717) is 11.5 Å². The van der Waals surface area contributed by atoms with Gasteiger partial charge in [0.05, 0.1) is 24.0 Å². The van der Waals surface area contributed by atoms with Gasteiger partial charge in [-0.2, -0.15) is 18.3 Å². The lowest BCUT2D eigenvalue weighted by molar-refractivity contribution is -0.151. The van der Waals surface area contributed by atoms with E-state index in [1.54, 1.807) is 31.0 Å². The maximum absolute atomic E-state index is 13.6. The first-order valence-electron chi connectivity index (χ1n) is 9.92. The second kappa shape index (κ2) is 8.46. The molecular weight excluding hydrogens is 407 g/mol. The maximum atomic E-state index is 13.6. The highest BCUT2D eigenvalue weighted by Crippen LogP contribution is 2.37. The fourth-order valence-electron chi connectivity index (χ4n) is 3.45. The maximum Gasteiger partial charge on any atom is 0.395 e. The number of nitrogens with one attached hydrogen (secondary N) is 2. The number of halogens is 3. The number of H-pyrrole nitrogens is 1. The first kappa shape index (κ1) is 21.0. The summed E-state index contributed by atoms with van der Waals surface area (Å²) in [5.41, 5.74) is 3.21. The summed E-state index contributed by atoms with van der Waals surface area (Å²) < 4.78 is 42.2. The molecule has 0 aliphatic rings. The largest absolute Gasteiger partial charge is 0.395 e. The second-order valence-corrected chi connectivity index (χ2v) is 7.57. The summed E-state index contributed by atoms with van der Waals surface area (Å²) in [6.07, 6.45) is 3.57. The molecule has 2 N–H and O–H groups in total. The Bertz CT molecular complexity index is 1150. The van der Waals surface area contributed by atoms with Gasteiger partial charge in [-0.3, -0.25) is 0 Å². The molecule has 0 saturated heterocycles. The van der Waals surface area contributed by atoms with Crippen molar-refractivity contribution in [3.8, 4) is 16.9 Å². The van der Waals surface area contributed by atoms with E-state index >= 15 is 0 Å². The normalized spacial score (nSPS) is 13.2. The molecule has 0 radical (unpaired) electrons. The van der Waals surface area contributed by atoms with E-state index in [4.69, 9.17) is 0 Å². The van der Waals surface area contributed by atoms with E-state index in [1.165, 1.54) is 16.9 Å². The fourth-order valence-corrected chi connectivity index (χ4v) is 3.45. The Morgan fingerprint density at radius 3 is 2.65 bits per heavy atom. The molecule has 0 aliphatic carbocycles. The number of imidazole rings is 1. The van der Waals surface area contributed by atoms with Crippen LogP contribution in [0.15, 0.2) is 49.3 Å². The highest BCUT2D eigenvalue weighted by Gasteiger charge is 2.40. The zero-order valence-corrected chi connectivity index (χ0v) is 17.1. The fraction of sp³-hybridized carbons (Fsp3) is 0.333. The van der Waals surface area contributed by atoms with Gasteiger partial charge in [0, 0.05) is 35.8 Å². The third-order valence-electron chi connectivity index (χ3n) is 5.01. The Labute approximate surface area is 176 Å². The van der Waals surface area contributed by atoms with Crippen molar-refractivity contribution in [3.05, 3.63) is 54.9 Å². The molecule has 4 rings (SSSR count). The van der Waals surface area contributed by atoms with E-state index in [1.807, 2.05) is 19.9 Å². The molecule has 0 aliphatic heterocycles. The molecule has 162 valence electrons. The first-order valence-corrected chi connectivity index (χ1v) is 9.92. The number of rotatable bonds is 7. The third kappa shape index (κ3) is 4.58. The molecule has 0 fully saturated rings. The smallest absolute Gasteiger partial charge is 0.343 e. The summed E-state index contributed by atoms with van der Waals surface area (Å²) in [6, 6.07) is 5.00. The number of alkyl halides is 3. The van der Waals surface area contributed by atoms with Gasteiger partial charge in [0.2, 0.25) is 0 Å². The van der Waals surface area contributed by atoms with Gasteiger partial charge in [0.15, 0.2) is 11.5 Å². The molecule has 4 heterocycles. The van der Waals surface area contributed by atoms with Crippen LogP contribution in [0.4, 0.5) is 13.2 Å². The quantitative estimate of drug-likeness (QED) is 0.459. The minimum Gasteiger partial charge on any atom is -0.343 e. The number of aromatic amines is 1. The third-order valence-corrected chi connectivity index (χ3v) is 5.01. The summed E-state index contributed by atoms with van der Waals surface area (Å²) in [5.74, 6) is -1.13. The summed E-state index contributed by atoms with van der Waals surface area (Å²) in [6.45, 7) is 4.08. The van der Waals surface area contributed by atoms with Crippen molar-refractivity contribution >= 4 is 11.2 Å². The van der Waals surface area contributed by atoms with Crippen LogP contribution in [0.1, 0.15) is 31.7 Å². The highest BCUT2D eigenvalue weighted by molar-refractivity contribution is 5.88. The standard InChI is InChI=1S/C21H22F3N7/c1-13(2)25-8-6-17(21(22,23)24)14-3-4-18(27-9-14)31-11-15(10-30-31)16-5-7-26-20-19(16)28-12-29-20/h3-5,7,9-13,17,25H,6,8H2,1-2H3,(H,26,28,29)/t17-/m1/s1. The molecule has 4 aromatic rings. The zero-order valence-electron chi connectivity index (χ0n) is 17.1. The van der Waals surface area contributed by atoms with Crippen LogP contribution in [0.25, 0.3) is 28.1 Å². The van der Waals surface area contributed by atoms with Crippen LogP contribution in [0.2, 0.25) is 0 Å². The van der Waals surface area contributed by atoms with Gasteiger partial charge in [-0.1, -0.05) is 19.9 Å². The molecule has 4 aromatic heterocycles. The Morgan fingerprint density at radius 2 is 1.94 bits per heavy atom. The van der Waals surface area contributed by atoms with Crippen LogP contribution in [0.3, 0.4) is 0 Å². The number of nitrogens with zero attached hydrogens (tertiary/aromatic N) is 5. The minimum atomic E-state index is -4.34. The Kier molecular flexibility index (Phi) is 5.73. The lowest BCUT2D eigenvalue weighted by Gasteiger charge is -2.21. The summed E-state index contributed by atoms with van der Waals surface area (Å²) in [4.78, 5) is 15.6. The van der Waals surface area contributed by atoms with Crippen LogP contribution in [-0.2, 0) is 0 Å². The number of aromatic nitrogens is 6. The average molecular weight is 429 g/mol. The van der Waals surface area contributed by atoms with Gasteiger partial charge in [0.1, 0.15) is 0 Å². The van der Waals surface area contributed by atoms with Gasteiger partial charge >= 0.3 is 6.18 Å². The van der Waals surface area contributed by atoms with Crippen LogP contribution in [-0.4, -0.2) is 48.5 Å². The lowest BCUT2D eigenvalue weighted by atomic mass is 9.96.